The highest BCUT2D eigenvalue weighted by atomic mass is 16.5. The lowest BCUT2D eigenvalue weighted by Gasteiger charge is -2.62. The highest BCUT2D eigenvalue weighted by Gasteiger charge is 2.65. The SMILES string of the molecule is CC(=O)OC1CC2CC[C@@H]3[C@@H](CC[C@]4(C)C(OC(C)=O)C(N5CCN(C)CC5)C[C@@H]34)[C@@]2(C)CC1N1CCN(C)CC1. The van der Waals surface area contributed by atoms with Crippen LogP contribution in [0.2, 0.25) is 0 Å². The molecule has 8 nitrogen and oxygen atoms in total. The second-order valence-corrected chi connectivity index (χ2v) is 15.4. The van der Waals surface area contributed by atoms with E-state index in [0.29, 0.717) is 35.8 Å². The zero-order valence-electron chi connectivity index (χ0n) is 26.6. The van der Waals surface area contributed by atoms with Crippen LogP contribution in [-0.4, -0.2) is 122 Å². The van der Waals surface area contributed by atoms with Gasteiger partial charge in [0.1, 0.15) is 12.2 Å². The van der Waals surface area contributed by atoms with Crippen molar-refractivity contribution in [3.63, 3.8) is 0 Å². The zero-order valence-corrected chi connectivity index (χ0v) is 26.6. The van der Waals surface area contributed by atoms with E-state index >= 15 is 0 Å². The van der Waals surface area contributed by atoms with Crippen LogP contribution in [0.1, 0.15) is 72.6 Å². The molecule has 0 bridgehead atoms. The van der Waals surface area contributed by atoms with Gasteiger partial charge in [-0.1, -0.05) is 13.8 Å². The molecule has 0 amide bonds. The van der Waals surface area contributed by atoms with Crippen molar-refractivity contribution in [2.45, 2.75) is 96.9 Å². The second kappa shape index (κ2) is 11.4. The molecule has 5 unspecified atom stereocenters. The number of rotatable bonds is 4. The number of carbonyl (C=O) groups excluding carboxylic acids is 2. The number of esters is 2. The standard InChI is InChI=1S/C33H56N4O4/c1-22(38)40-30-19-24-7-8-25-26(33(24,4)21-29(30)37-17-13-35(6)14-18-37)9-10-32(3)27(25)20-28(31(32)41-23(2)39)36-15-11-34(5)12-16-36/h24-31H,7-21H2,1-6H3/t24?,25-,26-,27+,28?,29?,30?,31?,32+,33+/m1/s1. The monoisotopic (exact) mass is 572 g/mol. The fraction of sp³-hybridized carbons (Fsp3) is 0.939. The minimum Gasteiger partial charge on any atom is -0.461 e. The molecule has 41 heavy (non-hydrogen) atoms. The lowest BCUT2D eigenvalue weighted by atomic mass is 9.44. The summed E-state index contributed by atoms with van der Waals surface area (Å²) in [6.45, 7) is 16.9. The lowest BCUT2D eigenvalue weighted by Crippen LogP contribution is -2.62. The highest BCUT2D eigenvalue weighted by molar-refractivity contribution is 5.66. The van der Waals surface area contributed by atoms with Crippen molar-refractivity contribution >= 4 is 11.9 Å². The highest BCUT2D eigenvalue weighted by Crippen LogP contribution is 2.67. The molecule has 0 N–H and O–H groups in total. The maximum Gasteiger partial charge on any atom is 0.302 e. The van der Waals surface area contributed by atoms with Gasteiger partial charge in [0.15, 0.2) is 0 Å². The van der Waals surface area contributed by atoms with Crippen molar-refractivity contribution in [2.24, 2.45) is 34.5 Å². The summed E-state index contributed by atoms with van der Waals surface area (Å²) in [6, 6.07) is 0.654. The maximum atomic E-state index is 12.4. The smallest absolute Gasteiger partial charge is 0.302 e. The first-order valence-corrected chi connectivity index (χ1v) is 16.7. The van der Waals surface area contributed by atoms with E-state index < -0.39 is 0 Å². The molecule has 0 spiro atoms. The Morgan fingerprint density at radius 1 is 0.683 bits per heavy atom. The van der Waals surface area contributed by atoms with Crippen molar-refractivity contribution < 1.29 is 19.1 Å². The van der Waals surface area contributed by atoms with Crippen LogP contribution in [0.25, 0.3) is 0 Å². The molecule has 4 aliphatic carbocycles. The summed E-state index contributed by atoms with van der Waals surface area (Å²) >= 11 is 0. The third kappa shape index (κ3) is 5.38. The Kier molecular flexibility index (Phi) is 8.27. The summed E-state index contributed by atoms with van der Waals surface area (Å²) in [5, 5.41) is 0. The Morgan fingerprint density at radius 3 is 1.85 bits per heavy atom. The van der Waals surface area contributed by atoms with Crippen LogP contribution < -0.4 is 0 Å². The van der Waals surface area contributed by atoms with Crippen molar-refractivity contribution in [3.8, 4) is 0 Å². The van der Waals surface area contributed by atoms with E-state index in [4.69, 9.17) is 9.47 Å². The van der Waals surface area contributed by atoms with Crippen molar-refractivity contribution in [1.82, 2.24) is 19.6 Å². The molecular weight excluding hydrogens is 516 g/mol. The fourth-order valence-corrected chi connectivity index (χ4v) is 11.0. The molecule has 2 saturated heterocycles. The molecule has 0 aromatic rings. The van der Waals surface area contributed by atoms with E-state index in [-0.39, 0.29) is 35.0 Å². The third-order valence-electron chi connectivity index (χ3n) is 13.2. The Morgan fingerprint density at radius 2 is 1.27 bits per heavy atom. The van der Waals surface area contributed by atoms with Crippen LogP contribution in [-0.2, 0) is 19.1 Å². The molecular formula is C33H56N4O4. The third-order valence-corrected chi connectivity index (χ3v) is 13.2. The molecule has 2 aliphatic heterocycles. The molecule has 4 saturated carbocycles. The summed E-state index contributed by atoms with van der Waals surface area (Å²) in [7, 11) is 4.43. The first-order valence-electron chi connectivity index (χ1n) is 16.7. The molecule has 6 fully saturated rings. The van der Waals surface area contributed by atoms with Gasteiger partial charge in [-0.3, -0.25) is 19.4 Å². The van der Waals surface area contributed by atoms with Crippen LogP contribution in [0.15, 0.2) is 0 Å². The normalized spacial score (nSPS) is 46.3. The minimum absolute atomic E-state index is 0.00215. The summed E-state index contributed by atoms with van der Waals surface area (Å²) in [4.78, 5) is 34.8. The van der Waals surface area contributed by atoms with Gasteiger partial charge in [-0.2, -0.15) is 0 Å². The van der Waals surface area contributed by atoms with Gasteiger partial charge in [-0.25, -0.2) is 0 Å². The average Bonchev–Trinajstić information content (AvgIpc) is 3.21. The first-order chi connectivity index (χ1) is 19.5. The predicted octanol–water partition coefficient (Wildman–Crippen LogP) is 3.34. The van der Waals surface area contributed by atoms with Crippen LogP contribution >= 0.6 is 0 Å². The molecule has 10 atom stereocenters. The number of hydrogen-bond acceptors (Lipinski definition) is 8. The number of likely N-dealkylation sites (N-methyl/N-ethyl adjacent to an activating group) is 2. The second-order valence-electron chi connectivity index (χ2n) is 15.4. The average molecular weight is 573 g/mol. The van der Waals surface area contributed by atoms with Gasteiger partial charge in [0.2, 0.25) is 0 Å². The Balaban J connectivity index is 1.26. The van der Waals surface area contributed by atoms with E-state index in [2.05, 4.69) is 47.5 Å². The summed E-state index contributed by atoms with van der Waals surface area (Å²) < 4.78 is 12.4. The van der Waals surface area contributed by atoms with Crippen molar-refractivity contribution in [1.29, 1.82) is 0 Å². The Bertz CT molecular complexity index is 978. The van der Waals surface area contributed by atoms with Crippen LogP contribution in [0.5, 0.6) is 0 Å². The molecule has 6 aliphatic rings. The van der Waals surface area contributed by atoms with Gasteiger partial charge >= 0.3 is 11.9 Å². The summed E-state index contributed by atoms with van der Waals surface area (Å²) in [6.07, 6.45) is 8.20. The molecule has 0 aromatic carbocycles. The largest absolute Gasteiger partial charge is 0.461 e. The quantitative estimate of drug-likeness (QED) is 0.476. The fourth-order valence-electron chi connectivity index (χ4n) is 11.0. The van der Waals surface area contributed by atoms with Crippen LogP contribution in [0, 0.1) is 34.5 Å². The molecule has 8 heteroatoms. The first kappa shape index (κ1) is 29.8. The van der Waals surface area contributed by atoms with E-state index in [9.17, 15) is 9.59 Å². The summed E-state index contributed by atoms with van der Waals surface area (Å²) in [5.74, 6) is 2.34. The van der Waals surface area contributed by atoms with E-state index in [1.165, 1.54) is 19.3 Å². The van der Waals surface area contributed by atoms with Gasteiger partial charge in [-0.15, -0.1) is 0 Å². The maximum absolute atomic E-state index is 12.4. The number of hydrogen-bond donors (Lipinski definition) is 0. The number of nitrogens with zero attached hydrogens (tertiary/aromatic N) is 4. The molecule has 2 heterocycles. The van der Waals surface area contributed by atoms with Crippen LogP contribution in [0.4, 0.5) is 0 Å². The topological polar surface area (TPSA) is 65.6 Å². The van der Waals surface area contributed by atoms with Crippen LogP contribution in [0.3, 0.4) is 0 Å². The molecule has 232 valence electrons. The van der Waals surface area contributed by atoms with Crippen molar-refractivity contribution in [2.75, 3.05) is 66.5 Å². The Labute approximate surface area is 248 Å². The summed E-state index contributed by atoms with van der Waals surface area (Å²) in [5.41, 5.74) is 0.313. The molecule has 6 rings (SSSR count). The van der Waals surface area contributed by atoms with E-state index in [1.807, 2.05) is 0 Å². The number of piperazine rings is 2. The van der Waals surface area contributed by atoms with Gasteiger partial charge in [-0.05, 0) is 88.1 Å². The van der Waals surface area contributed by atoms with E-state index in [1.54, 1.807) is 13.8 Å². The van der Waals surface area contributed by atoms with Gasteiger partial charge in [0.05, 0.1) is 0 Å². The van der Waals surface area contributed by atoms with Gasteiger partial charge in [0.25, 0.3) is 0 Å². The molecule has 0 radical (unpaired) electrons. The number of carbonyl (C=O) groups is 2. The predicted molar refractivity (Wildman–Crippen MR) is 159 cm³/mol. The van der Waals surface area contributed by atoms with Gasteiger partial charge < -0.3 is 19.3 Å². The zero-order chi connectivity index (χ0) is 29.1. The van der Waals surface area contributed by atoms with Gasteiger partial charge in [0, 0.05) is 83.7 Å². The Hall–Kier alpha value is -1.22. The van der Waals surface area contributed by atoms with Crippen molar-refractivity contribution in [3.05, 3.63) is 0 Å². The lowest BCUT2D eigenvalue weighted by molar-refractivity contribution is -0.180. The number of fused-ring (bicyclic) bond motifs is 5. The number of ether oxygens (including phenoxy) is 2. The minimum atomic E-state index is -0.128. The van der Waals surface area contributed by atoms with E-state index in [0.717, 1.165) is 78.0 Å². The molecule has 0 aromatic heterocycles.